The van der Waals surface area contributed by atoms with E-state index < -0.39 is 0 Å². The minimum atomic E-state index is -0.386. The van der Waals surface area contributed by atoms with E-state index >= 15 is 0 Å². The third-order valence-corrected chi connectivity index (χ3v) is 5.00. The number of carbonyl (C=O) groups is 2. The van der Waals surface area contributed by atoms with Crippen LogP contribution in [0.4, 0.5) is 5.69 Å². The van der Waals surface area contributed by atoms with E-state index in [2.05, 4.69) is 20.7 Å². The number of thiazole rings is 1. The van der Waals surface area contributed by atoms with Gasteiger partial charge in [0, 0.05) is 24.2 Å². The number of rotatable bonds is 6. The zero-order valence-electron chi connectivity index (χ0n) is 15.5. The van der Waals surface area contributed by atoms with Gasteiger partial charge in [0.2, 0.25) is 0 Å². The van der Waals surface area contributed by atoms with E-state index in [0.29, 0.717) is 22.0 Å². The number of nitrogens with zero attached hydrogens (tertiary/aromatic N) is 3. The van der Waals surface area contributed by atoms with Crippen molar-refractivity contribution in [3.05, 3.63) is 77.5 Å². The Kier molecular flexibility index (Phi) is 5.21. The zero-order valence-corrected chi connectivity index (χ0v) is 16.3. The lowest BCUT2D eigenvalue weighted by molar-refractivity contribution is 0.0949. The Morgan fingerprint density at radius 1 is 1.17 bits per heavy atom. The molecule has 0 saturated carbocycles. The van der Waals surface area contributed by atoms with Gasteiger partial charge in [-0.1, -0.05) is 12.1 Å². The van der Waals surface area contributed by atoms with Crippen LogP contribution in [0.15, 0.2) is 64.9 Å². The lowest BCUT2D eigenvalue weighted by Crippen LogP contribution is -2.24. The van der Waals surface area contributed by atoms with Crippen molar-refractivity contribution >= 4 is 28.8 Å². The second kappa shape index (κ2) is 8.11. The molecule has 8 nitrogen and oxygen atoms in total. The van der Waals surface area contributed by atoms with E-state index in [1.54, 1.807) is 58.9 Å². The van der Waals surface area contributed by atoms with Gasteiger partial charge in [-0.15, -0.1) is 11.3 Å². The third kappa shape index (κ3) is 4.25. The fourth-order valence-corrected chi connectivity index (χ4v) is 3.47. The van der Waals surface area contributed by atoms with E-state index in [1.165, 1.54) is 11.3 Å². The number of nitrogens with one attached hydrogen (secondary N) is 2. The van der Waals surface area contributed by atoms with Crippen LogP contribution < -0.4 is 10.6 Å². The summed E-state index contributed by atoms with van der Waals surface area (Å²) in [6, 6.07) is 10.3. The molecule has 2 N–H and O–H groups in total. The summed E-state index contributed by atoms with van der Waals surface area (Å²) in [6.07, 6.45) is 5.07. The number of para-hydroxylation sites is 1. The maximum atomic E-state index is 12.6. The molecule has 0 atom stereocenters. The molecule has 1 aromatic carbocycles. The Bertz CT molecular complexity index is 1150. The highest BCUT2D eigenvalue weighted by atomic mass is 32.1. The molecule has 0 aliphatic rings. The molecule has 3 heterocycles. The van der Waals surface area contributed by atoms with Crippen molar-refractivity contribution in [2.24, 2.45) is 7.05 Å². The van der Waals surface area contributed by atoms with Crippen molar-refractivity contribution in [2.45, 2.75) is 6.54 Å². The number of hydrogen-bond donors (Lipinski definition) is 2. The van der Waals surface area contributed by atoms with Gasteiger partial charge >= 0.3 is 0 Å². The molecule has 3 aromatic heterocycles. The molecule has 0 unspecified atom stereocenters. The summed E-state index contributed by atoms with van der Waals surface area (Å²) >= 11 is 1.36. The monoisotopic (exact) mass is 407 g/mol. The van der Waals surface area contributed by atoms with Crippen molar-refractivity contribution in [1.29, 1.82) is 0 Å². The van der Waals surface area contributed by atoms with Gasteiger partial charge in [-0.2, -0.15) is 5.10 Å². The summed E-state index contributed by atoms with van der Waals surface area (Å²) in [4.78, 5) is 29.6. The summed E-state index contributed by atoms with van der Waals surface area (Å²) in [7, 11) is 1.82. The van der Waals surface area contributed by atoms with Crippen LogP contribution >= 0.6 is 11.3 Å². The fraction of sp³-hybridized carbons (Fsp3) is 0.100. The second-order valence-electron chi connectivity index (χ2n) is 6.20. The molecule has 0 spiro atoms. The van der Waals surface area contributed by atoms with Gasteiger partial charge in [0.1, 0.15) is 16.5 Å². The highest BCUT2D eigenvalue weighted by Crippen LogP contribution is 2.24. The molecular formula is C20H17N5O3S. The highest BCUT2D eigenvalue weighted by Gasteiger charge is 2.17. The van der Waals surface area contributed by atoms with Gasteiger partial charge in [0.25, 0.3) is 11.8 Å². The first-order valence-electron chi connectivity index (χ1n) is 8.75. The van der Waals surface area contributed by atoms with Crippen LogP contribution in [0.2, 0.25) is 0 Å². The first-order chi connectivity index (χ1) is 14.1. The summed E-state index contributed by atoms with van der Waals surface area (Å²) in [5.74, 6) is -0.0560. The summed E-state index contributed by atoms with van der Waals surface area (Å²) in [6.45, 7) is 0.259. The van der Waals surface area contributed by atoms with Crippen molar-refractivity contribution in [3.63, 3.8) is 0 Å². The fourth-order valence-electron chi connectivity index (χ4n) is 2.69. The van der Waals surface area contributed by atoms with Crippen LogP contribution in [0.1, 0.15) is 26.6 Å². The number of anilines is 1. The topological polar surface area (TPSA) is 102 Å². The smallest absolute Gasteiger partial charge is 0.275 e. The van der Waals surface area contributed by atoms with Crippen molar-refractivity contribution < 1.29 is 14.0 Å². The summed E-state index contributed by atoms with van der Waals surface area (Å²) in [5, 5.41) is 12.0. The molecule has 4 aromatic rings. The number of aryl methyl sites for hydroxylation is 1. The van der Waals surface area contributed by atoms with Gasteiger partial charge in [-0.25, -0.2) is 4.98 Å². The van der Waals surface area contributed by atoms with Crippen molar-refractivity contribution in [2.75, 3.05) is 5.32 Å². The largest absolute Gasteiger partial charge is 0.467 e. The van der Waals surface area contributed by atoms with Gasteiger partial charge in [0.15, 0.2) is 0 Å². The van der Waals surface area contributed by atoms with Crippen LogP contribution in [0.25, 0.3) is 10.6 Å². The van der Waals surface area contributed by atoms with Crippen LogP contribution in [0, 0.1) is 0 Å². The van der Waals surface area contributed by atoms with Crippen LogP contribution in [0.3, 0.4) is 0 Å². The summed E-state index contributed by atoms with van der Waals surface area (Å²) < 4.78 is 6.89. The molecular weight excluding hydrogens is 390 g/mol. The average molecular weight is 407 g/mol. The number of hydrogen-bond acceptors (Lipinski definition) is 6. The van der Waals surface area contributed by atoms with E-state index in [-0.39, 0.29) is 24.1 Å². The predicted octanol–water partition coefficient (Wildman–Crippen LogP) is 3.32. The molecule has 4 rings (SSSR count). The molecule has 0 aliphatic carbocycles. The van der Waals surface area contributed by atoms with E-state index in [1.807, 2.05) is 13.2 Å². The molecule has 0 radical (unpaired) electrons. The Hall–Kier alpha value is -3.72. The maximum Gasteiger partial charge on any atom is 0.275 e. The summed E-state index contributed by atoms with van der Waals surface area (Å²) in [5.41, 5.74) is 1.88. The molecule has 146 valence electrons. The molecule has 29 heavy (non-hydrogen) atoms. The first kappa shape index (κ1) is 18.6. The lowest BCUT2D eigenvalue weighted by atomic mass is 10.1. The van der Waals surface area contributed by atoms with Crippen molar-refractivity contribution in [1.82, 2.24) is 20.1 Å². The minimum absolute atomic E-state index is 0.259. The quantitative estimate of drug-likeness (QED) is 0.510. The molecule has 0 saturated heterocycles. The number of carbonyl (C=O) groups excluding carboxylic acids is 2. The maximum absolute atomic E-state index is 12.6. The second-order valence-corrected chi connectivity index (χ2v) is 7.06. The normalized spacial score (nSPS) is 10.7. The first-order valence-corrected chi connectivity index (χ1v) is 9.63. The molecule has 0 fully saturated rings. The minimum Gasteiger partial charge on any atom is -0.467 e. The van der Waals surface area contributed by atoms with Crippen LogP contribution in [0.5, 0.6) is 0 Å². The van der Waals surface area contributed by atoms with Crippen LogP contribution in [-0.2, 0) is 13.6 Å². The van der Waals surface area contributed by atoms with Gasteiger partial charge < -0.3 is 15.1 Å². The lowest BCUT2D eigenvalue weighted by Gasteiger charge is -2.10. The van der Waals surface area contributed by atoms with Gasteiger partial charge in [-0.05, 0) is 24.3 Å². The Balaban J connectivity index is 1.47. The van der Waals surface area contributed by atoms with E-state index in [9.17, 15) is 9.59 Å². The van der Waals surface area contributed by atoms with Gasteiger partial charge in [-0.3, -0.25) is 14.3 Å². The van der Waals surface area contributed by atoms with Crippen LogP contribution in [-0.4, -0.2) is 26.6 Å². The zero-order chi connectivity index (χ0) is 20.2. The highest BCUT2D eigenvalue weighted by molar-refractivity contribution is 7.13. The average Bonchev–Trinajstić information content (AvgIpc) is 3.48. The Morgan fingerprint density at radius 3 is 2.79 bits per heavy atom. The molecule has 0 aliphatic heterocycles. The Morgan fingerprint density at radius 2 is 2.03 bits per heavy atom. The van der Waals surface area contributed by atoms with Crippen molar-refractivity contribution in [3.8, 4) is 10.6 Å². The van der Waals surface area contributed by atoms with E-state index in [4.69, 9.17) is 4.42 Å². The molecule has 0 bridgehead atoms. The number of furan rings is 1. The number of benzene rings is 1. The number of amides is 2. The SMILES string of the molecule is Cn1cc(-c2nc(C(=O)Nc3ccccc3C(=O)NCc3ccco3)cs2)cn1. The predicted molar refractivity (Wildman–Crippen MR) is 109 cm³/mol. The van der Waals surface area contributed by atoms with Gasteiger partial charge in [0.05, 0.1) is 30.3 Å². The third-order valence-electron chi connectivity index (χ3n) is 4.11. The molecule has 2 amide bonds. The standard InChI is InChI=1S/C20H17N5O3S/c1-25-11-13(9-22-25)20-24-17(12-29-20)19(27)23-16-7-3-2-6-15(16)18(26)21-10-14-5-4-8-28-14/h2-9,11-12H,10H2,1H3,(H,21,26)(H,23,27). The number of aromatic nitrogens is 3. The Labute approximate surface area is 170 Å². The molecule has 9 heteroatoms. The van der Waals surface area contributed by atoms with E-state index in [0.717, 1.165) is 5.56 Å².